The number of phenols is 2. The molecule has 1 saturated heterocycles. The predicted octanol–water partition coefficient (Wildman–Crippen LogP) is 3.33. The summed E-state index contributed by atoms with van der Waals surface area (Å²) in [6.07, 6.45) is 2.93. The molecule has 0 radical (unpaired) electrons. The van der Waals surface area contributed by atoms with Gasteiger partial charge in [0.25, 0.3) is 11.8 Å². The van der Waals surface area contributed by atoms with E-state index in [1.54, 1.807) is 23.1 Å². The number of benzene rings is 2. The van der Waals surface area contributed by atoms with Gasteiger partial charge in [-0.2, -0.15) is 0 Å². The minimum absolute atomic E-state index is 0.0419. The maximum Gasteiger partial charge on any atom is 0.354 e. The number of nitrogens with zero attached hydrogens (tertiary/aromatic N) is 3. The largest absolute Gasteiger partial charge is 0.503 e. The Bertz CT molecular complexity index is 2700. The lowest BCUT2D eigenvalue weighted by Gasteiger charge is -2.27. The number of carbonyl (C=O) groups is 5. The van der Waals surface area contributed by atoms with Crippen LogP contribution in [0, 0.1) is 5.92 Å². The molecule has 17 nitrogen and oxygen atoms in total. The van der Waals surface area contributed by atoms with E-state index < -0.39 is 23.3 Å². The number of esters is 1. The normalized spacial score (nSPS) is 20.3. The second-order valence-electron chi connectivity index (χ2n) is 14.5. The number of ketones is 1. The average molecular weight is 748 g/mol. The lowest BCUT2D eigenvalue weighted by atomic mass is 9.85. The Kier molecular flexibility index (Phi) is 6.44. The van der Waals surface area contributed by atoms with Gasteiger partial charge in [0, 0.05) is 47.6 Å². The van der Waals surface area contributed by atoms with Gasteiger partial charge >= 0.3 is 12.0 Å². The van der Waals surface area contributed by atoms with Gasteiger partial charge in [0.15, 0.2) is 23.0 Å². The third-order valence-electron chi connectivity index (χ3n) is 12.0. The molecule has 1 saturated carbocycles. The summed E-state index contributed by atoms with van der Waals surface area (Å²) in [7, 11) is 4.01. The minimum Gasteiger partial charge on any atom is -0.503 e. The number of primary amides is 1. The molecule has 2 atom stereocenters. The molecule has 3 aliphatic heterocycles. The van der Waals surface area contributed by atoms with Crippen LogP contribution in [-0.4, -0.2) is 101 Å². The second-order valence-corrected chi connectivity index (χ2v) is 14.5. The van der Waals surface area contributed by atoms with Gasteiger partial charge in [-0.05, 0) is 60.1 Å². The lowest BCUT2D eigenvalue weighted by molar-refractivity contribution is 0.0594. The van der Waals surface area contributed by atoms with Crippen molar-refractivity contribution >= 4 is 62.8 Å². The number of aromatic amines is 3. The van der Waals surface area contributed by atoms with Gasteiger partial charge in [-0.3, -0.25) is 19.3 Å². The number of urea groups is 1. The van der Waals surface area contributed by atoms with Crippen LogP contribution < -0.4 is 25.0 Å². The van der Waals surface area contributed by atoms with E-state index in [1.165, 1.54) is 37.2 Å². The van der Waals surface area contributed by atoms with Gasteiger partial charge in [0.2, 0.25) is 5.78 Å². The van der Waals surface area contributed by atoms with Crippen molar-refractivity contribution in [1.29, 1.82) is 0 Å². The van der Waals surface area contributed by atoms with Crippen LogP contribution in [-0.2, 0) is 23.0 Å². The number of H-pyrrole nitrogens is 3. The Morgan fingerprint density at radius 2 is 1.36 bits per heavy atom. The van der Waals surface area contributed by atoms with Gasteiger partial charge in [-0.25, -0.2) is 9.59 Å². The van der Waals surface area contributed by atoms with Crippen molar-refractivity contribution in [2.24, 2.45) is 11.7 Å². The molecule has 3 aromatic heterocycles. The third kappa shape index (κ3) is 4.03. The van der Waals surface area contributed by atoms with E-state index in [0.29, 0.717) is 69.3 Å². The third-order valence-corrected chi connectivity index (χ3v) is 12.0. The van der Waals surface area contributed by atoms with Crippen molar-refractivity contribution in [1.82, 2.24) is 19.9 Å². The molecular weight excluding hydrogens is 714 g/mol. The molecule has 2 aliphatic carbocycles. The van der Waals surface area contributed by atoms with Crippen molar-refractivity contribution < 1.29 is 48.4 Å². The molecule has 1 spiro atoms. The zero-order valence-corrected chi connectivity index (χ0v) is 29.7. The molecule has 4 amide bonds. The highest BCUT2D eigenvalue weighted by molar-refractivity contribution is 6.15. The SMILES string of the molecule is COC(=O)c1cc2c([nH]1)C(=O)C=C1N(C(=O)c3cc4c5c(c(O)c(OC)c4[nH]3)N(C(=O)c3cc4c6c(c(O)c(OC)c4[nH]3)N(C(N)=O)CC6)CC5)C[C@H]3C[C@]123. The molecule has 7 N–H and O–H groups in total. The summed E-state index contributed by atoms with van der Waals surface area (Å²) in [5.41, 5.74) is 9.57. The number of aromatic hydroxyl groups is 2. The monoisotopic (exact) mass is 747 g/mol. The van der Waals surface area contributed by atoms with Crippen LogP contribution in [0.3, 0.4) is 0 Å². The zero-order chi connectivity index (χ0) is 38.4. The number of phenolic OH excluding ortho intramolecular Hbond substituents is 2. The van der Waals surface area contributed by atoms with Gasteiger partial charge in [0.1, 0.15) is 17.1 Å². The van der Waals surface area contributed by atoms with Crippen molar-refractivity contribution in [3.05, 3.63) is 69.4 Å². The highest BCUT2D eigenvalue weighted by Gasteiger charge is 2.68. The Hall–Kier alpha value is -6.91. The van der Waals surface area contributed by atoms with E-state index in [2.05, 4.69) is 15.0 Å². The van der Waals surface area contributed by atoms with Crippen LogP contribution in [0.25, 0.3) is 21.8 Å². The van der Waals surface area contributed by atoms with E-state index >= 15 is 0 Å². The number of piperidine rings is 1. The molecule has 2 fully saturated rings. The van der Waals surface area contributed by atoms with Crippen LogP contribution in [0.5, 0.6) is 23.0 Å². The molecule has 2 aromatic carbocycles. The van der Waals surface area contributed by atoms with Crippen LogP contribution in [0.15, 0.2) is 30.0 Å². The number of rotatable bonds is 5. The van der Waals surface area contributed by atoms with E-state index in [1.807, 2.05) is 0 Å². The van der Waals surface area contributed by atoms with E-state index in [9.17, 15) is 34.2 Å². The summed E-state index contributed by atoms with van der Waals surface area (Å²) in [6, 6.07) is 4.23. The van der Waals surface area contributed by atoms with Crippen molar-refractivity contribution in [3.8, 4) is 23.0 Å². The lowest BCUT2D eigenvalue weighted by Crippen LogP contribution is -2.34. The molecule has 55 heavy (non-hydrogen) atoms. The van der Waals surface area contributed by atoms with Crippen LogP contribution in [0.1, 0.15) is 65.1 Å². The number of hydrogen-bond donors (Lipinski definition) is 6. The summed E-state index contributed by atoms with van der Waals surface area (Å²) >= 11 is 0. The Morgan fingerprint density at radius 1 is 0.800 bits per heavy atom. The number of nitrogens with two attached hydrogens (primary N) is 1. The number of anilines is 2. The number of amides is 4. The predicted molar refractivity (Wildman–Crippen MR) is 194 cm³/mol. The molecule has 0 bridgehead atoms. The fourth-order valence-corrected chi connectivity index (χ4v) is 9.54. The molecule has 17 heteroatoms. The molecule has 10 rings (SSSR count). The smallest absolute Gasteiger partial charge is 0.354 e. The van der Waals surface area contributed by atoms with Gasteiger partial charge in [-0.1, -0.05) is 0 Å². The summed E-state index contributed by atoms with van der Waals surface area (Å²) in [5.74, 6) is -2.21. The second kappa shape index (κ2) is 10.8. The fraction of sp³-hybridized carbons (Fsp3) is 0.289. The number of fused-ring (bicyclic) bond motifs is 7. The maximum atomic E-state index is 14.3. The average Bonchev–Trinajstić information content (AvgIpc) is 3.91. The van der Waals surface area contributed by atoms with Crippen molar-refractivity contribution in [2.45, 2.75) is 24.7 Å². The van der Waals surface area contributed by atoms with Crippen LogP contribution >= 0.6 is 0 Å². The van der Waals surface area contributed by atoms with E-state index in [4.69, 9.17) is 19.9 Å². The standard InChI is InChI=1S/C38H33N7O10/c1-53-32-25-17(9-21(41-25)35(50)45-13-14-12-38(14)19-10-22(36(51)55-3)42-27(19)23(46)11-24(38)45)15-4-6-43(28(15)30(32)47)34(49)20-8-18-16-5-7-44(37(39)52)29(16)31(48)33(54-2)26(18)40-20/h8-11,14,40-42,47-48H,4-7,12-13H2,1-3H3,(H2,39,52)/t14-,38-/m1/s1. The van der Waals surface area contributed by atoms with Gasteiger partial charge in [0.05, 0.1) is 49.4 Å². The highest BCUT2D eigenvalue weighted by atomic mass is 16.5. The number of methoxy groups -OCH3 is 3. The number of allylic oxidation sites excluding steroid dienone is 2. The molecule has 5 aromatic rings. The van der Waals surface area contributed by atoms with Gasteiger partial charge < -0.3 is 54.9 Å². The summed E-state index contributed by atoms with van der Waals surface area (Å²) < 4.78 is 16.0. The number of nitrogens with one attached hydrogen (secondary N) is 3. The van der Waals surface area contributed by atoms with Gasteiger partial charge in [-0.15, -0.1) is 0 Å². The molecular formula is C38H33N7O10. The quantitative estimate of drug-likeness (QED) is 0.143. The number of aromatic nitrogens is 3. The molecule has 280 valence electrons. The maximum absolute atomic E-state index is 14.3. The van der Waals surface area contributed by atoms with Crippen molar-refractivity contribution in [2.75, 3.05) is 50.8 Å². The first-order valence-corrected chi connectivity index (χ1v) is 17.6. The zero-order valence-electron chi connectivity index (χ0n) is 29.7. The van der Waals surface area contributed by atoms with E-state index in [0.717, 1.165) is 6.42 Å². The number of hydrogen-bond acceptors (Lipinski definition) is 10. The van der Waals surface area contributed by atoms with Crippen LogP contribution in [0.2, 0.25) is 0 Å². The topological polar surface area (TPSA) is 237 Å². The molecule has 5 aliphatic rings. The van der Waals surface area contributed by atoms with Crippen molar-refractivity contribution in [3.63, 3.8) is 0 Å². The fourth-order valence-electron chi connectivity index (χ4n) is 9.54. The first-order valence-electron chi connectivity index (χ1n) is 17.6. The Balaban J connectivity index is 1.01. The summed E-state index contributed by atoms with van der Waals surface area (Å²) in [5, 5.41) is 23.9. The first-order chi connectivity index (χ1) is 26.4. The Morgan fingerprint density at radius 3 is 1.93 bits per heavy atom. The molecule has 6 heterocycles. The number of ether oxygens (including phenoxy) is 3. The number of carbonyl (C=O) groups excluding carboxylic acids is 5. The molecule has 0 unspecified atom stereocenters. The minimum atomic E-state index is -0.728. The highest BCUT2D eigenvalue weighted by Crippen LogP contribution is 2.67. The summed E-state index contributed by atoms with van der Waals surface area (Å²) in [6.45, 7) is 0.812. The number of likely N-dealkylation sites (tertiary alicyclic amines) is 1. The Labute approximate surface area is 310 Å². The van der Waals surface area contributed by atoms with E-state index in [-0.39, 0.29) is 82.2 Å². The first kappa shape index (κ1) is 32.7. The van der Waals surface area contributed by atoms with Crippen LogP contribution in [0.4, 0.5) is 16.2 Å². The summed E-state index contributed by atoms with van der Waals surface area (Å²) in [4.78, 5) is 79.7.